The molecule has 3 rings (SSSR count). The summed E-state index contributed by atoms with van der Waals surface area (Å²) >= 11 is 0. The number of guanidine groups is 1. The lowest BCUT2D eigenvalue weighted by molar-refractivity contribution is 0.0104. The van der Waals surface area contributed by atoms with Crippen LogP contribution in [0.5, 0.6) is 0 Å². The average Bonchev–Trinajstić information content (AvgIpc) is 3.24. The Balaban J connectivity index is 0.00000280. The highest BCUT2D eigenvalue weighted by molar-refractivity contribution is 14.0. The first-order chi connectivity index (χ1) is 13.4. The highest BCUT2D eigenvalue weighted by atomic mass is 127. The molecule has 0 amide bonds. The molecule has 1 saturated heterocycles. The van der Waals surface area contributed by atoms with Crippen molar-refractivity contribution in [1.82, 2.24) is 10.6 Å². The second-order valence-corrected chi connectivity index (χ2v) is 6.96. The molecule has 1 aromatic heterocycles. The van der Waals surface area contributed by atoms with Gasteiger partial charge in [-0.05, 0) is 49.8 Å². The molecule has 5 nitrogen and oxygen atoms in total. The van der Waals surface area contributed by atoms with Gasteiger partial charge in [0.2, 0.25) is 0 Å². The highest BCUT2D eigenvalue weighted by Crippen LogP contribution is 2.16. The summed E-state index contributed by atoms with van der Waals surface area (Å²) in [4.78, 5) is 4.73. The largest absolute Gasteiger partial charge is 0.469 e. The van der Waals surface area contributed by atoms with E-state index in [1.165, 1.54) is 24.8 Å². The maximum absolute atomic E-state index is 5.81. The third kappa shape index (κ3) is 8.65. The van der Waals surface area contributed by atoms with Crippen molar-refractivity contribution in [2.75, 3.05) is 19.7 Å². The number of ether oxygens (including phenoxy) is 1. The summed E-state index contributed by atoms with van der Waals surface area (Å²) in [5.41, 5.74) is 1.21. The number of aliphatic imine (C=N–C) groups is 1. The molecule has 2 N–H and O–H groups in total. The van der Waals surface area contributed by atoms with Crippen LogP contribution in [0.2, 0.25) is 0 Å². The Hall–Kier alpha value is -1.54. The molecule has 1 aromatic carbocycles. The van der Waals surface area contributed by atoms with Gasteiger partial charge in [0.05, 0.1) is 18.9 Å². The average molecular weight is 497 g/mol. The van der Waals surface area contributed by atoms with Crippen LogP contribution in [0.4, 0.5) is 0 Å². The lowest BCUT2D eigenvalue weighted by Crippen LogP contribution is -2.39. The van der Waals surface area contributed by atoms with Gasteiger partial charge >= 0.3 is 0 Å². The summed E-state index contributed by atoms with van der Waals surface area (Å²) in [5, 5.41) is 6.88. The third-order valence-corrected chi connectivity index (χ3v) is 4.78. The fraction of sp³-hybridized carbons (Fsp3) is 0.500. The Bertz CT molecular complexity index is 656. The zero-order valence-corrected chi connectivity index (χ0v) is 18.8. The summed E-state index contributed by atoms with van der Waals surface area (Å²) in [6, 6.07) is 14.3. The lowest BCUT2D eigenvalue weighted by Gasteiger charge is -2.22. The smallest absolute Gasteiger partial charge is 0.191 e. The SMILES string of the molecule is I.c1ccc(CN=C(NCCCC2CCCCO2)NCCc2ccco2)cc1. The molecule has 2 heterocycles. The third-order valence-electron chi connectivity index (χ3n) is 4.78. The van der Waals surface area contributed by atoms with E-state index in [-0.39, 0.29) is 24.0 Å². The summed E-state index contributed by atoms with van der Waals surface area (Å²) < 4.78 is 11.2. The molecule has 1 unspecified atom stereocenters. The van der Waals surface area contributed by atoms with Crippen molar-refractivity contribution in [3.63, 3.8) is 0 Å². The van der Waals surface area contributed by atoms with Gasteiger partial charge in [0.25, 0.3) is 0 Å². The van der Waals surface area contributed by atoms with E-state index in [0.717, 1.165) is 50.7 Å². The van der Waals surface area contributed by atoms with E-state index in [0.29, 0.717) is 12.6 Å². The molecule has 0 bridgehead atoms. The Morgan fingerprint density at radius 2 is 1.89 bits per heavy atom. The molecule has 154 valence electrons. The van der Waals surface area contributed by atoms with Gasteiger partial charge in [0.15, 0.2) is 5.96 Å². The molecule has 1 fully saturated rings. The lowest BCUT2D eigenvalue weighted by atomic mass is 10.0. The summed E-state index contributed by atoms with van der Waals surface area (Å²) in [6.07, 6.45) is 8.93. The van der Waals surface area contributed by atoms with Crippen LogP contribution >= 0.6 is 24.0 Å². The number of hydrogen-bond donors (Lipinski definition) is 2. The van der Waals surface area contributed by atoms with Crippen LogP contribution in [0.15, 0.2) is 58.1 Å². The van der Waals surface area contributed by atoms with E-state index >= 15 is 0 Å². The van der Waals surface area contributed by atoms with Crippen molar-refractivity contribution in [2.24, 2.45) is 4.99 Å². The Labute approximate surface area is 185 Å². The van der Waals surface area contributed by atoms with Gasteiger partial charge < -0.3 is 19.8 Å². The van der Waals surface area contributed by atoms with E-state index < -0.39 is 0 Å². The number of rotatable bonds is 9. The number of nitrogens with zero attached hydrogens (tertiary/aromatic N) is 1. The second kappa shape index (κ2) is 13.6. The normalized spacial score (nSPS) is 17.0. The standard InChI is InChI=1S/C22H31N3O2.HI/c1-2-8-19(9-3-1)18-25-22(24-15-13-21-12-7-17-27-21)23-14-6-11-20-10-4-5-16-26-20;/h1-3,7-9,12,17,20H,4-6,10-11,13-16,18H2,(H2,23,24,25);1H. The van der Waals surface area contributed by atoms with Gasteiger partial charge in [0.1, 0.15) is 5.76 Å². The topological polar surface area (TPSA) is 58.8 Å². The zero-order chi connectivity index (χ0) is 18.6. The van der Waals surface area contributed by atoms with Crippen molar-refractivity contribution < 1.29 is 9.15 Å². The van der Waals surface area contributed by atoms with Crippen LogP contribution in [0, 0.1) is 0 Å². The maximum atomic E-state index is 5.81. The highest BCUT2D eigenvalue weighted by Gasteiger charge is 2.13. The van der Waals surface area contributed by atoms with Crippen LogP contribution in [-0.2, 0) is 17.7 Å². The van der Waals surface area contributed by atoms with Crippen molar-refractivity contribution >= 4 is 29.9 Å². The van der Waals surface area contributed by atoms with Gasteiger partial charge in [-0.25, -0.2) is 4.99 Å². The molecule has 6 heteroatoms. The predicted molar refractivity (Wildman–Crippen MR) is 124 cm³/mol. The first kappa shape index (κ1) is 22.7. The fourth-order valence-electron chi connectivity index (χ4n) is 3.26. The molecule has 1 aliphatic rings. The predicted octanol–water partition coefficient (Wildman–Crippen LogP) is 4.52. The maximum Gasteiger partial charge on any atom is 0.191 e. The first-order valence-corrected chi connectivity index (χ1v) is 10.1. The molecule has 2 aromatic rings. The number of halogens is 1. The van der Waals surface area contributed by atoms with Gasteiger partial charge in [-0.1, -0.05) is 30.3 Å². The number of furan rings is 1. The van der Waals surface area contributed by atoms with Crippen LogP contribution in [-0.4, -0.2) is 31.8 Å². The van der Waals surface area contributed by atoms with Crippen molar-refractivity contribution in [3.05, 3.63) is 60.1 Å². The Morgan fingerprint density at radius 3 is 2.64 bits per heavy atom. The minimum Gasteiger partial charge on any atom is -0.469 e. The van der Waals surface area contributed by atoms with Crippen LogP contribution in [0.3, 0.4) is 0 Å². The molecule has 0 spiro atoms. The van der Waals surface area contributed by atoms with Gasteiger partial charge in [-0.3, -0.25) is 0 Å². The van der Waals surface area contributed by atoms with Crippen molar-refractivity contribution in [3.8, 4) is 0 Å². The summed E-state index contributed by atoms with van der Waals surface area (Å²) in [6.45, 7) is 3.29. The molecular weight excluding hydrogens is 465 g/mol. The molecule has 0 aliphatic carbocycles. The van der Waals surface area contributed by atoms with Crippen molar-refractivity contribution in [1.29, 1.82) is 0 Å². The van der Waals surface area contributed by atoms with Crippen LogP contribution in [0.1, 0.15) is 43.4 Å². The Morgan fingerprint density at radius 1 is 1.04 bits per heavy atom. The number of hydrogen-bond acceptors (Lipinski definition) is 3. The number of benzene rings is 1. The van der Waals surface area contributed by atoms with Crippen LogP contribution < -0.4 is 10.6 Å². The zero-order valence-electron chi connectivity index (χ0n) is 16.4. The summed E-state index contributed by atoms with van der Waals surface area (Å²) in [7, 11) is 0. The van der Waals surface area contributed by atoms with Crippen LogP contribution in [0.25, 0.3) is 0 Å². The van der Waals surface area contributed by atoms with Gasteiger partial charge in [0, 0.05) is 26.1 Å². The molecule has 1 atom stereocenters. The van der Waals surface area contributed by atoms with Crippen molar-refractivity contribution in [2.45, 2.75) is 51.2 Å². The van der Waals surface area contributed by atoms with E-state index in [9.17, 15) is 0 Å². The van der Waals surface area contributed by atoms with E-state index in [2.05, 4.69) is 22.8 Å². The molecule has 1 aliphatic heterocycles. The minimum absolute atomic E-state index is 0. The van der Waals surface area contributed by atoms with Gasteiger partial charge in [-0.15, -0.1) is 24.0 Å². The monoisotopic (exact) mass is 497 g/mol. The summed E-state index contributed by atoms with van der Waals surface area (Å²) in [5.74, 6) is 1.84. The van der Waals surface area contributed by atoms with Gasteiger partial charge in [-0.2, -0.15) is 0 Å². The Kier molecular flexibility index (Phi) is 11.1. The number of nitrogens with one attached hydrogen (secondary N) is 2. The fourth-order valence-corrected chi connectivity index (χ4v) is 3.26. The molecule has 0 radical (unpaired) electrons. The molecular formula is C22H32IN3O2. The van der Waals surface area contributed by atoms with E-state index in [1.807, 2.05) is 30.3 Å². The first-order valence-electron chi connectivity index (χ1n) is 10.1. The quantitative estimate of drug-likeness (QED) is 0.232. The molecule has 28 heavy (non-hydrogen) atoms. The van der Waals surface area contributed by atoms with E-state index in [1.54, 1.807) is 6.26 Å². The minimum atomic E-state index is 0. The molecule has 0 saturated carbocycles. The van der Waals surface area contributed by atoms with E-state index in [4.69, 9.17) is 14.1 Å². The second-order valence-electron chi connectivity index (χ2n) is 6.96.